The minimum absolute atomic E-state index is 0.303. The topological polar surface area (TPSA) is 24.5 Å². The predicted molar refractivity (Wildman–Crippen MR) is 87.1 cm³/mol. The van der Waals surface area contributed by atoms with Crippen molar-refractivity contribution in [3.05, 3.63) is 0 Å². The lowest BCUT2D eigenvalue weighted by Gasteiger charge is -2.55. The molecule has 0 spiro atoms. The van der Waals surface area contributed by atoms with E-state index in [1.165, 1.54) is 19.3 Å². The van der Waals surface area contributed by atoms with Crippen LogP contribution in [0.3, 0.4) is 0 Å². The second-order valence-corrected chi connectivity index (χ2v) is 7.35. The SMILES string of the molecule is CCOC1CC(NC(CC(C)C)CN(C)C)C1(C)CC. The van der Waals surface area contributed by atoms with E-state index in [0.717, 1.165) is 19.1 Å². The Morgan fingerprint density at radius 2 is 1.95 bits per heavy atom. The fraction of sp³-hybridized carbons (Fsp3) is 1.00. The molecule has 1 aliphatic carbocycles. The zero-order valence-electron chi connectivity index (χ0n) is 14.7. The molecule has 1 saturated carbocycles. The Bertz CT molecular complexity index is 270. The smallest absolute Gasteiger partial charge is 0.0658 e. The van der Waals surface area contributed by atoms with Gasteiger partial charge >= 0.3 is 0 Å². The number of hydrogen-bond donors (Lipinski definition) is 1. The van der Waals surface area contributed by atoms with Gasteiger partial charge < -0.3 is 15.0 Å². The Hall–Kier alpha value is -0.120. The summed E-state index contributed by atoms with van der Waals surface area (Å²) in [5.74, 6) is 0.739. The Morgan fingerprint density at radius 3 is 2.40 bits per heavy atom. The lowest BCUT2D eigenvalue weighted by molar-refractivity contribution is -0.128. The molecule has 0 heterocycles. The molecule has 0 radical (unpaired) electrons. The molecule has 4 unspecified atom stereocenters. The predicted octanol–water partition coefficient (Wildman–Crippen LogP) is 3.15. The zero-order valence-corrected chi connectivity index (χ0v) is 14.7. The van der Waals surface area contributed by atoms with E-state index in [2.05, 4.69) is 58.9 Å². The Morgan fingerprint density at radius 1 is 1.30 bits per heavy atom. The van der Waals surface area contributed by atoms with Gasteiger partial charge in [0.25, 0.3) is 0 Å². The van der Waals surface area contributed by atoms with Crippen molar-refractivity contribution in [3.8, 4) is 0 Å². The van der Waals surface area contributed by atoms with Crippen LogP contribution in [-0.2, 0) is 4.74 Å². The molecule has 20 heavy (non-hydrogen) atoms. The molecule has 3 heteroatoms. The van der Waals surface area contributed by atoms with Crippen molar-refractivity contribution in [2.24, 2.45) is 11.3 Å². The van der Waals surface area contributed by atoms with E-state index in [0.29, 0.717) is 23.6 Å². The van der Waals surface area contributed by atoms with Gasteiger partial charge in [-0.2, -0.15) is 0 Å². The number of nitrogens with zero attached hydrogens (tertiary/aromatic N) is 1. The first-order valence-electron chi connectivity index (χ1n) is 8.35. The fourth-order valence-electron chi connectivity index (χ4n) is 3.50. The largest absolute Gasteiger partial charge is 0.378 e. The van der Waals surface area contributed by atoms with Crippen LogP contribution in [0.15, 0.2) is 0 Å². The van der Waals surface area contributed by atoms with Crippen LogP contribution in [0.1, 0.15) is 53.9 Å². The molecule has 1 N–H and O–H groups in total. The molecule has 3 nitrogen and oxygen atoms in total. The van der Waals surface area contributed by atoms with E-state index in [1.54, 1.807) is 0 Å². The molecule has 1 aliphatic rings. The van der Waals surface area contributed by atoms with Crippen molar-refractivity contribution in [1.29, 1.82) is 0 Å². The van der Waals surface area contributed by atoms with Crippen LogP contribution in [0.2, 0.25) is 0 Å². The number of likely N-dealkylation sites (N-methyl/N-ethyl adjacent to an activating group) is 1. The summed E-state index contributed by atoms with van der Waals surface area (Å²) in [5, 5.41) is 3.92. The second kappa shape index (κ2) is 7.77. The summed E-state index contributed by atoms with van der Waals surface area (Å²) in [6, 6.07) is 1.19. The third-order valence-corrected chi connectivity index (χ3v) is 4.89. The number of rotatable bonds is 9. The standard InChI is InChI=1S/C17H36N2O/c1-8-17(5)15(11-16(17)20-9-2)18-14(10-13(3)4)12-19(6)7/h13-16,18H,8-12H2,1-7H3. The average molecular weight is 284 g/mol. The monoisotopic (exact) mass is 284 g/mol. The third kappa shape index (κ3) is 4.44. The summed E-state index contributed by atoms with van der Waals surface area (Å²) in [6.07, 6.45) is 4.04. The first-order chi connectivity index (χ1) is 9.33. The molecule has 0 aromatic carbocycles. The molecule has 0 aromatic heterocycles. The second-order valence-electron chi connectivity index (χ2n) is 7.35. The van der Waals surface area contributed by atoms with Gasteiger partial charge in [-0.25, -0.2) is 0 Å². The van der Waals surface area contributed by atoms with Gasteiger partial charge in [-0.15, -0.1) is 0 Å². The van der Waals surface area contributed by atoms with E-state index in [1.807, 2.05) is 0 Å². The normalized spacial score (nSPS) is 31.6. The lowest BCUT2D eigenvalue weighted by Crippen LogP contribution is -2.64. The van der Waals surface area contributed by atoms with Crippen molar-refractivity contribution in [2.75, 3.05) is 27.2 Å². The van der Waals surface area contributed by atoms with Gasteiger partial charge in [0.15, 0.2) is 0 Å². The van der Waals surface area contributed by atoms with Crippen LogP contribution < -0.4 is 5.32 Å². The molecule has 0 aromatic rings. The molecular formula is C17H36N2O. The highest BCUT2D eigenvalue weighted by Gasteiger charge is 2.51. The number of hydrogen-bond acceptors (Lipinski definition) is 3. The van der Waals surface area contributed by atoms with Gasteiger partial charge in [-0.3, -0.25) is 0 Å². The highest BCUT2D eigenvalue weighted by molar-refractivity contribution is 5.05. The van der Waals surface area contributed by atoms with Crippen LogP contribution in [-0.4, -0.2) is 50.3 Å². The van der Waals surface area contributed by atoms with E-state index < -0.39 is 0 Å². The molecule has 1 fully saturated rings. The van der Waals surface area contributed by atoms with Crippen LogP contribution in [0.4, 0.5) is 0 Å². The Kier molecular flexibility index (Phi) is 6.96. The van der Waals surface area contributed by atoms with Crippen molar-refractivity contribution >= 4 is 0 Å². The van der Waals surface area contributed by atoms with E-state index in [9.17, 15) is 0 Å². The summed E-state index contributed by atoms with van der Waals surface area (Å²) in [6.45, 7) is 13.4. The van der Waals surface area contributed by atoms with E-state index in [-0.39, 0.29) is 0 Å². The van der Waals surface area contributed by atoms with Gasteiger partial charge in [0, 0.05) is 30.7 Å². The fourth-order valence-corrected chi connectivity index (χ4v) is 3.50. The molecule has 0 aliphatic heterocycles. The van der Waals surface area contributed by atoms with Crippen LogP contribution in [0.25, 0.3) is 0 Å². The Balaban J connectivity index is 2.60. The highest BCUT2D eigenvalue weighted by atomic mass is 16.5. The van der Waals surface area contributed by atoms with Crippen molar-refractivity contribution in [1.82, 2.24) is 10.2 Å². The molecular weight excluding hydrogens is 248 g/mol. The number of ether oxygens (including phenoxy) is 1. The van der Waals surface area contributed by atoms with Crippen LogP contribution in [0, 0.1) is 11.3 Å². The summed E-state index contributed by atoms with van der Waals surface area (Å²) >= 11 is 0. The quantitative estimate of drug-likeness (QED) is 0.704. The molecule has 0 amide bonds. The summed E-state index contributed by atoms with van der Waals surface area (Å²) in [4.78, 5) is 2.29. The van der Waals surface area contributed by atoms with Gasteiger partial charge in [0.1, 0.15) is 0 Å². The van der Waals surface area contributed by atoms with E-state index in [4.69, 9.17) is 4.74 Å². The Labute approximate surface area is 126 Å². The van der Waals surface area contributed by atoms with Gasteiger partial charge in [-0.1, -0.05) is 27.7 Å². The minimum Gasteiger partial charge on any atom is -0.378 e. The van der Waals surface area contributed by atoms with Gasteiger partial charge in [-0.05, 0) is 46.2 Å². The zero-order chi connectivity index (χ0) is 15.3. The van der Waals surface area contributed by atoms with Crippen LogP contribution in [0.5, 0.6) is 0 Å². The first-order valence-corrected chi connectivity index (χ1v) is 8.35. The maximum Gasteiger partial charge on any atom is 0.0658 e. The molecule has 120 valence electrons. The highest BCUT2D eigenvalue weighted by Crippen LogP contribution is 2.46. The first kappa shape index (κ1) is 17.9. The summed E-state index contributed by atoms with van der Waals surface area (Å²) in [7, 11) is 4.33. The summed E-state index contributed by atoms with van der Waals surface area (Å²) < 4.78 is 5.91. The third-order valence-electron chi connectivity index (χ3n) is 4.89. The molecule has 0 saturated heterocycles. The maximum atomic E-state index is 5.91. The lowest BCUT2D eigenvalue weighted by atomic mass is 9.61. The average Bonchev–Trinajstić information content (AvgIpc) is 2.34. The number of nitrogens with one attached hydrogen (secondary N) is 1. The van der Waals surface area contributed by atoms with Crippen molar-refractivity contribution < 1.29 is 4.74 Å². The van der Waals surface area contributed by atoms with Crippen molar-refractivity contribution in [3.63, 3.8) is 0 Å². The van der Waals surface area contributed by atoms with Crippen LogP contribution >= 0.6 is 0 Å². The van der Waals surface area contributed by atoms with Gasteiger partial charge in [0.05, 0.1) is 6.10 Å². The van der Waals surface area contributed by atoms with Gasteiger partial charge in [0.2, 0.25) is 0 Å². The molecule has 0 bridgehead atoms. The molecule has 1 rings (SSSR count). The summed E-state index contributed by atoms with van der Waals surface area (Å²) in [5.41, 5.74) is 0.303. The van der Waals surface area contributed by atoms with Crippen molar-refractivity contribution in [2.45, 2.75) is 72.1 Å². The van der Waals surface area contributed by atoms with E-state index >= 15 is 0 Å². The maximum absolute atomic E-state index is 5.91. The minimum atomic E-state index is 0.303. The molecule has 4 atom stereocenters.